The van der Waals surface area contributed by atoms with Crippen LogP contribution in [0.15, 0.2) is 12.1 Å². The van der Waals surface area contributed by atoms with Crippen molar-refractivity contribution in [2.45, 2.75) is 26.4 Å². The maximum absolute atomic E-state index is 8.89. The first-order chi connectivity index (χ1) is 7.16. The Kier molecular flexibility index (Phi) is 3.85. The molecule has 1 heterocycles. The lowest BCUT2D eigenvalue weighted by Gasteiger charge is -2.19. The minimum Gasteiger partial charge on any atom is -0.471 e. The van der Waals surface area contributed by atoms with Crippen LogP contribution in [-0.2, 0) is 11.8 Å². The smallest absolute Gasteiger partial charge is 0.376 e. The van der Waals surface area contributed by atoms with Gasteiger partial charge in [-0.25, -0.2) is 0 Å². The maximum atomic E-state index is 8.89. The van der Waals surface area contributed by atoms with Gasteiger partial charge in [0.15, 0.2) is 0 Å². The lowest BCUT2D eigenvalue weighted by molar-refractivity contribution is 0.122. The van der Waals surface area contributed by atoms with E-state index in [1.807, 2.05) is 20.8 Å². The molecule has 0 spiro atoms. The van der Waals surface area contributed by atoms with E-state index in [4.69, 9.17) is 14.5 Å². The highest BCUT2D eigenvalue weighted by Gasteiger charge is 2.15. The molecule has 8 heteroatoms. The number of rotatable bonds is 3. The summed E-state index contributed by atoms with van der Waals surface area (Å²) in [5.41, 5.74) is -0.375. The Bertz CT molecular complexity index is 397. The molecule has 0 aliphatic carbocycles. The zero-order valence-corrected chi connectivity index (χ0v) is 10.8. The highest BCUT2D eigenvalue weighted by atomic mass is 32.5. The zero-order valence-electron chi connectivity index (χ0n) is 9.12. The summed E-state index contributed by atoms with van der Waals surface area (Å²) in [7, 11) is 0. The topological polar surface area (TPSA) is 84.7 Å². The highest BCUT2D eigenvalue weighted by Crippen LogP contribution is 2.36. The molecule has 0 aliphatic heterocycles. The summed E-state index contributed by atoms with van der Waals surface area (Å²) in [5, 5.41) is 7.29. The van der Waals surface area contributed by atoms with Gasteiger partial charge in [0.25, 0.3) is 0 Å². The van der Waals surface area contributed by atoms with Crippen molar-refractivity contribution in [3.05, 3.63) is 12.1 Å². The van der Waals surface area contributed by atoms with E-state index < -0.39 is 6.72 Å². The average molecular weight is 264 g/mol. The van der Waals surface area contributed by atoms with Crippen molar-refractivity contribution in [2.24, 2.45) is 0 Å². The molecule has 90 valence electrons. The standard InChI is InChI=1S/C8H13N2O4PS/c1-8(2,3)13-6-4-5-7(10-9-6)14-15(11,12)16/h4-5H,1-3H3,(H2,11,12,16). The van der Waals surface area contributed by atoms with Crippen LogP contribution in [0.2, 0.25) is 0 Å². The minimum atomic E-state index is -3.75. The number of ether oxygens (including phenoxy) is 1. The second-order valence-corrected chi connectivity index (χ2v) is 6.60. The van der Waals surface area contributed by atoms with Crippen LogP contribution in [0, 0.1) is 0 Å². The second kappa shape index (κ2) is 4.63. The molecule has 0 atom stereocenters. The SMILES string of the molecule is CC(C)(C)Oc1ccc(OP(O)(O)=S)nn1. The summed E-state index contributed by atoms with van der Waals surface area (Å²) < 4.78 is 10.0. The van der Waals surface area contributed by atoms with Gasteiger partial charge in [-0.05, 0) is 20.8 Å². The normalized spacial score (nSPS) is 12.3. The van der Waals surface area contributed by atoms with E-state index in [2.05, 4.69) is 26.5 Å². The van der Waals surface area contributed by atoms with E-state index >= 15 is 0 Å². The Morgan fingerprint density at radius 3 is 2.06 bits per heavy atom. The molecule has 16 heavy (non-hydrogen) atoms. The Morgan fingerprint density at radius 1 is 1.19 bits per heavy atom. The molecule has 0 amide bonds. The van der Waals surface area contributed by atoms with Crippen LogP contribution in [0.25, 0.3) is 0 Å². The monoisotopic (exact) mass is 264 g/mol. The Labute approximate surface area is 98.5 Å². The van der Waals surface area contributed by atoms with E-state index in [1.54, 1.807) is 0 Å². The van der Waals surface area contributed by atoms with Crippen molar-refractivity contribution in [3.63, 3.8) is 0 Å². The summed E-state index contributed by atoms with van der Waals surface area (Å²) in [4.78, 5) is 17.8. The lowest BCUT2D eigenvalue weighted by atomic mass is 10.2. The average Bonchev–Trinajstić information content (AvgIpc) is 2.03. The van der Waals surface area contributed by atoms with E-state index in [-0.39, 0.29) is 11.5 Å². The molecule has 0 bridgehead atoms. The Morgan fingerprint density at radius 2 is 1.69 bits per heavy atom. The van der Waals surface area contributed by atoms with Crippen LogP contribution in [0.5, 0.6) is 11.8 Å². The molecule has 0 fully saturated rings. The largest absolute Gasteiger partial charge is 0.471 e. The van der Waals surface area contributed by atoms with Crippen LogP contribution in [0.3, 0.4) is 0 Å². The molecule has 2 N–H and O–H groups in total. The van der Waals surface area contributed by atoms with Crippen LogP contribution in [0.4, 0.5) is 0 Å². The van der Waals surface area contributed by atoms with E-state index in [0.29, 0.717) is 5.88 Å². The van der Waals surface area contributed by atoms with Gasteiger partial charge in [0.2, 0.25) is 11.8 Å². The molecule has 0 unspecified atom stereocenters. The first kappa shape index (κ1) is 13.3. The minimum absolute atomic E-state index is 0.0467. The van der Waals surface area contributed by atoms with Crippen molar-refractivity contribution in [1.82, 2.24) is 10.2 Å². The van der Waals surface area contributed by atoms with Gasteiger partial charge in [-0.3, -0.25) is 0 Å². The number of hydrogen-bond acceptors (Lipinski definition) is 5. The van der Waals surface area contributed by atoms with Crippen LogP contribution >= 0.6 is 6.72 Å². The summed E-state index contributed by atoms with van der Waals surface area (Å²) in [6.45, 7) is 1.87. The fourth-order valence-corrected chi connectivity index (χ4v) is 1.42. The molecule has 1 aromatic rings. The second-order valence-electron chi connectivity index (χ2n) is 4.01. The number of hydrogen-bond donors (Lipinski definition) is 2. The fraction of sp³-hybridized carbons (Fsp3) is 0.500. The van der Waals surface area contributed by atoms with Gasteiger partial charge in [0.05, 0.1) is 0 Å². The van der Waals surface area contributed by atoms with Crippen molar-refractivity contribution in [1.29, 1.82) is 0 Å². The van der Waals surface area contributed by atoms with Gasteiger partial charge in [-0.15, -0.1) is 10.2 Å². The molecule has 1 aromatic heterocycles. The zero-order chi connectivity index (χ0) is 12.4. The van der Waals surface area contributed by atoms with Crippen LogP contribution in [-0.4, -0.2) is 25.6 Å². The third-order valence-corrected chi connectivity index (χ3v) is 1.89. The van der Waals surface area contributed by atoms with Crippen LogP contribution in [0.1, 0.15) is 20.8 Å². The first-order valence-corrected chi connectivity index (χ1v) is 7.06. The predicted molar refractivity (Wildman–Crippen MR) is 61.8 cm³/mol. The first-order valence-electron chi connectivity index (χ1n) is 4.44. The van der Waals surface area contributed by atoms with Crippen molar-refractivity contribution < 1.29 is 19.0 Å². The molecular weight excluding hydrogens is 251 g/mol. The summed E-state index contributed by atoms with van der Waals surface area (Å²) in [6.07, 6.45) is 0. The fourth-order valence-electron chi connectivity index (χ4n) is 0.846. The van der Waals surface area contributed by atoms with Crippen LogP contribution < -0.4 is 9.26 Å². The van der Waals surface area contributed by atoms with Crippen molar-refractivity contribution in [2.75, 3.05) is 0 Å². The van der Waals surface area contributed by atoms with E-state index in [1.165, 1.54) is 12.1 Å². The molecule has 6 nitrogen and oxygen atoms in total. The van der Waals surface area contributed by atoms with Crippen molar-refractivity contribution in [3.8, 4) is 11.8 Å². The molecule has 1 rings (SSSR count). The third kappa shape index (κ3) is 5.37. The quantitative estimate of drug-likeness (QED) is 0.794. The van der Waals surface area contributed by atoms with Gasteiger partial charge in [0.1, 0.15) is 5.60 Å². The number of nitrogens with zero attached hydrogens (tertiary/aromatic N) is 2. The Hall–Kier alpha value is -0.750. The lowest BCUT2D eigenvalue weighted by Crippen LogP contribution is -2.23. The van der Waals surface area contributed by atoms with Gasteiger partial charge in [-0.1, -0.05) is 0 Å². The summed E-state index contributed by atoms with van der Waals surface area (Å²) in [6, 6.07) is 2.92. The highest BCUT2D eigenvalue weighted by molar-refractivity contribution is 8.06. The third-order valence-electron chi connectivity index (χ3n) is 1.24. The summed E-state index contributed by atoms with van der Waals surface area (Å²) in [5.74, 6) is 0.277. The predicted octanol–water partition coefficient (Wildman–Crippen LogP) is 1.24. The summed E-state index contributed by atoms with van der Waals surface area (Å²) >= 11 is 4.29. The molecule has 0 aromatic carbocycles. The van der Waals surface area contributed by atoms with Gasteiger partial charge < -0.3 is 19.0 Å². The van der Waals surface area contributed by atoms with E-state index in [0.717, 1.165) is 0 Å². The molecular formula is C8H13N2O4PS. The van der Waals surface area contributed by atoms with Crippen molar-refractivity contribution >= 4 is 18.5 Å². The molecule has 0 aliphatic rings. The molecule has 0 saturated heterocycles. The maximum Gasteiger partial charge on any atom is 0.376 e. The molecule has 0 radical (unpaired) electrons. The van der Waals surface area contributed by atoms with Gasteiger partial charge >= 0.3 is 6.72 Å². The molecule has 0 saturated carbocycles. The Balaban J connectivity index is 2.72. The number of aromatic nitrogens is 2. The van der Waals surface area contributed by atoms with E-state index in [9.17, 15) is 0 Å². The van der Waals surface area contributed by atoms with Gasteiger partial charge in [0, 0.05) is 23.9 Å². The van der Waals surface area contributed by atoms with Gasteiger partial charge in [-0.2, -0.15) is 0 Å².